The molecule has 0 aliphatic carbocycles. The second-order valence-corrected chi connectivity index (χ2v) is 11.3. The van der Waals surface area contributed by atoms with Gasteiger partial charge in [0, 0.05) is 44.2 Å². The number of hydrogen-bond donors (Lipinski definition) is 2. The molecule has 0 amide bonds. The highest BCUT2D eigenvalue weighted by molar-refractivity contribution is 9.10. The Morgan fingerprint density at radius 3 is 2.94 bits per heavy atom. The number of aromatic nitrogens is 3. The van der Waals surface area contributed by atoms with E-state index in [0.29, 0.717) is 41.7 Å². The second kappa shape index (κ2) is 9.16. The van der Waals surface area contributed by atoms with E-state index in [1.807, 2.05) is 0 Å². The average molecular weight is 574 g/mol. The van der Waals surface area contributed by atoms with Crippen LogP contribution in [0.4, 0.5) is 14.6 Å². The van der Waals surface area contributed by atoms with Gasteiger partial charge in [0.1, 0.15) is 28.7 Å². The smallest absolute Gasteiger partial charge is 0.319 e. The van der Waals surface area contributed by atoms with E-state index in [9.17, 15) is 9.50 Å². The fraction of sp³-hybridized carbons (Fsp3) is 0.696. The molecule has 4 saturated heterocycles. The number of rotatable bonds is 6. The molecule has 12 heteroatoms. The Labute approximate surface area is 215 Å². The van der Waals surface area contributed by atoms with Crippen molar-refractivity contribution in [2.75, 3.05) is 37.7 Å². The van der Waals surface area contributed by atoms with Crippen molar-refractivity contribution in [1.82, 2.24) is 25.2 Å². The summed E-state index contributed by atoms with van der Waals surface area (Å²) < 4.78 is 35.9. The molecule has 0 radical (unpaired) electrons. The van der Waals surface area contributed by atoms with E-state index in [0.717, 1.165) is 32.2 Å². The van der Waals surface area contributed by atoms with E-state index in [1.165, 1.54) is 0 Å². The number of aliphatic hydroxyl groups excluding tert-OH is 1. The van der Waals surface area contributed by atoms with E-state index in [4.69, 9.17) is 21.3 Å². The van der Waals surface area contributed by atoms with Gasteiger partial charge < -0.3 is 20.1 Å². The summed E-state index contributed by atoms with van der Waals surface area (Å²) >= 11 is 9.51. The SMILES string of the molecule is OCC[C@H]1[C@@H]2CC[C@H](CN1c1nc(OC[C@@]34CCCN3C[C@H](F)C4)nc3c(F)c(Cl)nc(Br)c13)N2. The first-order valence-electron chi connectivity index (χ1n) is 12.3. The summed E-state index contributed by atoms with van der Waals surface area (Å²) in [5.74, 6) is -0.229. The number of ether oxygens (including phenoxy) is 1. The predicted molar refractivity (Wildman–Crippen MR) is 131 cm³/mol. The van der Waals surface area contributed by atoms with Crippen LogP contribution in [0.1, 0.15) is 38.5 Å². The first-order valence-corrected chi connectivity index (χ1v) is 13.4. The Balaban J connectivity index is 1.42. The van der Waals surface area contributed by atoms with Gasteiger partial charge >= 0.3 is 6.01 Å². The lowest BCUT2D eigenvalue weighted by molar-refractivity contribution is 0.107. The van der Waals surface area contributed by atoms with Gasteiger partial charge in [-0.1, -0.05) is 11.6 Å². The minimum absolute atomic E-state index is 0.0265. The van der Waals surface area contributed by atoms with Crippen LogP contribution in [-0.2, 0) is 0 Å². The molecule has 2 N–H and O–H groups in total. The molecule has 0 unspecified atom stereocenters. The molecule has 4 aliphatic heterocycles. The van der Waals surface area contributed by atoms with E-state index < -0.39 is 12.0 Å². The van der Waals surface area contributed by atoms with Crippen molar-refractivity contribution in [2.24, 2.45) is 0 Å². The summed E-state index contributed by atoms with van der Waals surface area (Å²) in [6, 6.07) is 0.489. The van der Waals surface area contributed by atoms with Crippen molar-refractivity contribution in [2.45, 2.75) is 68.4 Å². The second-order valence-electron chi connectivity index (χ2n) is 10.2. The number of pyridine rings is 1. The van der Waals surface area contributed by atoms with Gasteiger partial charge in [-0.15, -0.1) is 0 Å². The van der Waals surface area contributed by atoms with Gasteiger partial charge in [0.15, 0.2) is 11.0 Å². The fourth-order valence-electron chi connectivity index (χ4n) is 6.61. The summed E-state index contributed by atoms with van der Waals surface area (Å²) in [4.78, 5) is 17.6. The first-order chi connectivity index (χ1) is 16.9. The molecule has 4 aliphatic rings. The molecular weight excluding hydrogens is 546 g/mol. The largest absolute Gasteiger partial charge is 0.461 e. The zero-order chi connectivity index (χ0) is 24.3. The average Bonchev–Trinajstić information content (AvgIpc) is 3.49. The highest BCUT2D eigenvalue weighted by atomic mass is 79.9. The van der Waals surface area contributed by atoms with Crippen molar-refractivity contribution in [1.29, 1.82) is 0 Å². The Bertz CT molecular complexity index is 1150. The van der Waals surface area contributed by atoms with Crippen LogP contribution in [-0.4, -0.2) is 87.6 Å². The Morgan fingerprint density at radius 1 is 1.26 bits per heavy atom. The quantitative estimate of drug-likeness (QED) is 0.510. The van der Waals surface area contributed by atoms with E-state index >= 15 is 4.39 Å². The Morgan fingerprint density at radius 2 is 2.11 bits per heavy atom. The first kappa shape index (κ1) is 24.0. The van der Waals surface area contributed by atoms with Crippen molar-refractivity contribution < 1.29 is 18.6 Å². The number of hydrogen-bond acceptors (Lipinski definition) is 8. The zero-order valence-electron chi connectivity index (χ0n) is 19.2. The minimum atomic E-state index is -0.874. The molecule has 2 aromatic heterocycles. The van der Waals surface area contributed by atoms with Crippen LogP contribution < -0.4 is 15.0 Å². The third-order valence-electron chi connectivity index (χ3n) is 8.15. The van der Waals surface area contributed by atoms with Crippen LogP contribution in [0.15, 0.2) is 4.60 Å². The summed E-state index contributed by atoms with van der Waals surface area (Å²) in [5, 5.41) is 13.5. The lowest BCUT2D eigenvalue weighted by atomic mass is 9.95. The van der Waals surface area contributed by atoms with E-state index in [-0.39, 0.29) is 53.6 Å². The highest BCUT2D eigenvalue weighted by Crippen LogP contribution is 2.42. The maximum Gasteiger partial charge on any atom is 0.319 e. The van der Waals surface area contributed by atoms with Gasteiger partial charge in [-0.3, -0.25) is 4.90 Å². The molecule has 0 spiro atoms. The Hall–Kier alpha value is -1.40. The topological polar surface area (TPSA) is 86.6 Å². The third kappa shape index (κ3) is 4.07. The predicted octanol–water partition coefficient (Wildman–Crippen LogP) is 3.23. The lowest BCUT2D eigenvalue weighted by Gasteiger charge is -2.42. The van der Waals surface area contributed by atoms with Crippen molar-refractivity contribution >= 4 is 44.3 Å². The summed E-state index contributed by atoms with van der Waals surface area (Å²) in [7, 11) is 0. The monoisotopic (exact) mass is 572 g/mol. The molecule has 6 heterocycles. The van der Waals surface area contributed by atoms with Crippen LogP contribution in [0.5, 0.6) is 6.01 Å². The Kier molecular flexibility index (Phi) is 6.28. The highest BCUT2D eigenvalue weighted by Gasteiger charge is 2.49. The molecule has 2 bridgehead atoms. The zero-order valence-corrected chi connectivity index (χ0v) is 21.5. The number of fused-ring (bicyclic) bond motifs is 4. The summed E-state index contributed by atoms with van der Waals surface area (Å²) in [6.45, 7) is 2.20. The van der Waals surface area contributed by atoms with Crippen molar-refractivity contribution in [3.05, 3.63) is 15.6 Å². The van der Waals surface area contributed by atoms with Gasteiger partial charge in [0.25, 0.3) is 0 Å². The molecule has 190 valence electrons. The summed E-state index contributed by atoms with van der Waals surface area (Å²) in [5.41, 5.74) is -0.346. The third-order valence-corrected chi connectivity index (χ3v) is 8.97. The van der Waals surface area contributed by atoms with Crippen molar-refractivity contribution in [3.63, 3.8) is 0 Å². The van der Waals surface area contributed by atoms with Crippen LogP contribution >= 0.6 is 27.5 Å². The number of alkyl halides is 1. The number of nitrogens with one attached hydrogen (secondary N) is 1. The van der Waals surface area contributed by atoms with E-state index in [1.54, 1.807) is 0 Å². The van der Waals surface area contributed by atoms with Crippen LogP contribution in [0.2, 0.25) is 5.15 Å². The van der Waals surface area contributed by atoms with Crippen molar-refractivity contribution in [3.8, 4) is 6.01 Å². The van der Waals surface area contributed by atoms with Gasteiger partial charge in [-0.05, 0) is 54.6 Å². The van der Waals surface area contributed by atoms with Gasteiger partial charge in [-0.2, -0.15) is 9.97 Å². The minimum Gasteiger partial charge on any atom is -0.461 e. The molecule has 6 rings (SSSR count). The van der Waals surface area contributed by atoms with Gasteiger partial charge in [0.2, 0.25) is 0 Å². The van der Waals surface area contributed by atoms with Crippen LogP contribution in [0.25, 0.3) is 10.9 Å². The summed E-state index contributed by atoms with van der Waals surface area (Å²) in [6.07, 6.45) is 3.96. The normalized spacial score (nSPS) is 32.5. The molecule has 0 aromatic carbocycles. The molecule has 4 fully saturated rings. The molecule has 8 nitrogen and oxygen atoms in total. The molecule has 5 atom stereocenters. The van der Waals surface area contributed by atoms with Gasteiger partial charge in [0.05, 0.1) is 10.9 Å². The maximum absolute atomic E-state index is 15.2. The fourth-order valence-corrected chi connectivity index (χ4v) is 7.43. The number of aliphatic hydroxyl groups is 1. The maximum atomic E-state index is 15.2. The van der Waals surface area contributed by atoms with Crippen LogP contribution in [0.3, 0.4) is 0 Å². The number of halogens is 4. The molecular formula is C23H28BrClF2N6O2. The van der Waals surface area contributed by atoms with E-state index in [2.05, 4.69) is 41.0 Å². The van der Waals surface area contributed by atoms with Crippen LogP contribution in [0, 0.1) is 5.82 Å². The number of anilines is 1. The number of nitrogens with zero attached hydrogens (tertiary/aromatic N) is 5. The molecule has 2 aromatic rings. The number of piperazine rings is 1. The molecule has 0 saturated carbocycles. The molecule has 35 heavy (non-hydrogen) atoms. The lowest BCUT2D eigenvalue weighted by Crippen LogP contribution is -2.58. The van der Waals surface area contributed by atoms with Gasteiger partial charge in [-0.25, -0.2) is 13.8 Å². The standard InChI is InChI=1S/C23H28BrClF2N6O2/c24-19-16-18(17(27)20(25)30-19)29-22(35-11-23-5-1-6-32(23)9-12(26)8-23)31-21(16)33-10-13-2-3-14(28-13)15(33)4-7-34/h12-15,28,34H,1-11H2/t12-,13-,14+,15+,23+/m1/s1.